The first-order valence-electron chi connectivity index (χ1n) is 7.30. The Morgan fingerprint density at radius 2 is 1.59 bits per heavy atom. The van der Waals surface area contributed by atoms with Gasteiger partial charge in [-0.3, -0.25) is 0 Å². The van der Waals surface area contributed by atoms with Gasteiger partial charge in [0.15, 0.2) is 5.82 Å². The van der Waals surface area contributed by atoms with Gasteiger partial charge in [-0.2, -0.15) is 0 Å². The van der Waals surface area contributed by atoms with Crippen molar-refractivity contribution in [2.45, 2.75) is 13.8 Å². The van der Waals surface area contributed by atoms with Crippen LogP contribution in [0.15, 0.2) is 54.6 Å². The van der Waals surface area contributed by atoms with Gasteiger partial charge in [-0.05, 0) is 18.1 Å². The molecule has 3 nitrogen and oxygen atoms in total. The molecule has 0 saturated heterocycles. The molecule has 1 heterocycles. The number of fused-ring (bicyclic) bond motifs is 1. The van der Waals surface area contributed by atoms with E-state index in [1.165, 1.54) is 0 Å². The first-order valence-corrected chi connectivity index (χ1v) is 7.30. The Labute approximate surface area is 137 Å². The van der Waals surface area contributed by atoms with Crippen LogP contribution in [0.4, 0.5) is 5.82 Å². The Morgan fingerprint density at radius 3 is 2.32 bits per heavy atom. The van der Waals surface area contributed by atoms with Crippen molar-refractivity contribution in [3.63, 3.8) is 0 Å². The summed E-state index contributed by atoms with van der Waals surface area (Å²) in [7, 11) is 0. The average Bonchev–Trinajstić information content (AvgIpc) is 2.53. The van der Waals surface area contributed by atoms with Crippen LogP contribution < -0.4 is 17.7 Å². The second kappa shape index (κ2) is 7.23. The molecule has 1 aromatic heterocycles. The van der Waals surface area contributed by atoms with E-state index >= 15 is 0 Å². The van der Waals surface area contributed by atoms with Crippen molar-refractivity contribution in [3.05, 3.63) is 54.6 Å². The van der Waals surface area contributed by atoms with Crippen LogP contribution in [-0.2, 0) is 0 Å². The number of hydrogen-bond donors (Lipinski definition) is 1. The number of nitrogens with one attached hydrogen (secondary N) is 1. The molecule has 0 aliphatic carbocycles. The van der Waals surface area contributed by atoms with Crippen molar-refractivity contribution in [3.8, 4) is 11.4 Å². The Morgan fingerprint density at radius 1 is 0.909 bits per heavy atom. The van der Waals surface area contributed by atoms with Crippen LogP contribution in [0.25, 0.3) is 22.3 Å². The zero-order valence-corrected chi connectivity index (χ0v) is 13.5. The predicted molar refractivity (Wildman–Crippen MR) is 88.3 cm³/mol. The second-order valence-corrected chi connectivity index (χ2v) is 5.55. The number of benzene rings is 2. The molecular weight excluding hydrogens is 294 g/mol. The average molecular weight is 313 g/mol. The first-order chi connectivity index (χ1) is 10.2. The zero-order chi connectivity index (χ0) is 14.7. The topological polar surface area (TPSA) is 37.8 Å². The van der Waals surface area contributed by atoms with E-state index in [0.29, 0.717) is 5.92 Å². The molecule has 22 heavy (non-hydrogen) atoms. The number of hydrogen-bond acceptors (Lipinski definition) is 3. The number of nitrogens with zero attached hydrogens (tertiary/aromatic N) is 2. The van der Waals surface area contributed by atoms with Crippen molar-refractivity contribution in [1.82, 2.24) is 9.97 Å². The highest BCUT2D eigenvalue weighted by Crippen LogP contribution is 2.24. The molecule has 0 amide bonds. The molecule has 0 bridgehead atoms. The van der Waals surface area contributed by atoms with Crippen molar-refractivity contribution in [1.29, 1.82) is 0 Å². The van der Waals surface area contributed by atoms with Crippen molar-refractivity contribution < 1.29 is 12.4 Å². The fraction of sp³-hybridized carbons (Fsp3) is 0.222. The lowest BCUT2D eigenvalue weighted by molar-refractivity contribution is -0.00000448. The standard InChI is InChI=1S/C18H19N3.ClH/c1-13(2)12-19-18-15-10-6-7-11-16(15)20-17(21-18)14-8-4-3-5-9-14;/h3-11,13H,12H2,1-2H3,(H,19,20,21);1H/p-1. The molecule has 0 aliphatic heterocycles. The summed E-state index contributed by atoms with van der Waals surface area (Å²) in [5, 5.41) is 4.51. The minimum absolute atomic E-state index is 0. The second-order valence-electron chi connectivity index (χ2n) is 5.55. The summed E-state index contributed by atoms with van der Waals surface area (Å²) in [4.78, 5) is 9.40. The van der Waals surface area contributed by atoms with E-state index in [0.717, 1.165) is 34.7 Å². The van der Waals surface area contributed by atoms with Gasteiger partial charge in [0.2, 0.25) is 0 Å². The smallest absolute Gasteiger partial charge is 0.162 e. The molecule has 114 valence electrons. The number of aromatic nitrogens is 2. The highest BCUT2D eigenvalue weighted by Gasteiger charge is 2.09. The molecule has 1 N–H and O–H groups in total. The van der Waals surface area contributed by atoms with E-state index < -0.39 is 0 Å². The Hall–Kier alpha value is -2.13. The summed E-state index contributed by atoms with van der Waals surface area (Å²) in [6.07, 6.45) is 0. The van der Waals surface area contributed by atoms with Gasteiger partial charge in [-0.15, -0.1) is 0 Å². The minimum atomic E-state index is 0. The van der Waals surface area contributed by atoms with Crippen molar-refractivity contribution in [2.24, 2.45) is 5.92 Å². The lowest BCUT2D eigenvalue weighted by atomic mass is 10.1. The SMILES string of the molecule is CC(C)CNc1nc(-c2ccccc2)nc2ccccc12.[Cl-]. The molecule has 0 aliphatic rings. The predicted octanol–water partition coefficient (Wildman–Crippen LogP) is 1.37. The summed E-state index contributed by atoms with van der Waals surface area (Å²) >= 11 is 0. The number of halogens is 1. The third-order valence-electron chi connectivity index (χ3n) is 3.31. The van der Waals surface area contributed by atoms with E-state index in [2.05, 4.69) is 30.2 Å². The maximum absolute atomic E-state index is 4.72. The molecule has 0 saturated carbocycles. The number of rotatable bonds is 4. The minimum Gasteiger partial charge on any atom is -1.00 e. The van der Waals surface area contributed by atoms with Crippen LogP contribution in [0.5, 0.6) is 0 Å². The number of anilines is 1. The van der Waals surface area contributed by atoms with Gasteiger partial charge in [0.05, 0.1) is 5.52 Å². The lowest BCUT2D eigenvalue weighted by Gasteiger charge is -2.12. The van der Waals surface area contributed by atoms with E-state index in [4.69, 9.17) is 4.98 Å². The number of para-hydroxylation sites is 1. The van der Waals surface area contributed by atoms with Crippen molar-refractivity contribution in [2.75, 3.05) is 11.9 Å². The molecule has 0 spiro atoms. The van der Waals surface area contributed by atoms with Crippen LogP contribution in [0.3, 0.4) is 0 Å². The van der Waals surface area contributed by atoms with E-state index in [-0.39, 0.29) is 12.4 Å². The molecular formula is C18H19ClN3-. The molecule has 3 aromatic rings. The highest BCUT2D eigenvalue weighted by atomic mass is 35.5. The Bertz CT molecular complexity index is 742. The van der Waals surface area contributed by atoms with Gasteiger partial charge < -0.3 is 17.7 Å². The fourth-order valence-corrected chi connectivity index (χ4v) is 2.23. The Kier molecular flexibility index (Phi) is 5.34. The van der Waals surface area contributed by atoms with Crippen LogP contribution in [0, 0.1) is 5.92 Å². The van der Waals surface area contributed by atoms with E-state index in [1.807, 2.05) is 48.5 Å². The maximum atomic E-state index is 4.72. The van der Waals surface area contributed by atoms with E-state index in [9.17, 15) is 0 Å². The molecule has 0 radical (unpaired) electrons. The van der Waals surface area contributed by atoms with Crippen molar-refractivity contribution >= 4 is 16.7 Å². The molecule has 0 atom stereocenters. The summed E-state index contributed by atoms with van der Waals surface area (Å²) in [6, 6.07) is 18.2. The highest BCUT2D eigenvalue weighted by molar-refractivity contribution is 5.90. The van der Waals surface area contributed by atoms with Gasteiger partial charge in [0.1, 0.15) is 5.82 Å². The van der Waals surface area contributed by atoms with Crippen LogP contribution in [0.2, 0.25) is 0 Å². The summed E-state index contributed by atoms with van der Waals surface area (Å²) < 4.78 is 0. The Balaban J connectivity index is 0.00000176. The molecule has 0 fully saturated rings. The van der Waals surface area contributed by atoms with Crippen LogP contribution in [0.1, 0.15) is 13.8 Å². The third-order valence-corrected chi connectivity index (χ3v) is 3.31. The molecule has 4 heteroatoms. The third kappa shape index (κ3) is 3.55. The van der Waals surface area contributed by atoms with Gasteiger partial charge >= 0.3 is 0 Å². The molecule has 0 unspecified atom stereocenters. The van der Waals surface area contributed by atoms with Crippen LogP contribution >= 0.6 is 0 Å². The monoisotopic (exact) mass is 312 g/mol. The largest absolute Gasteiger partial charge is 1.00 e. The van der Waals surface area contributed by atoms with Gasteiger partial charge in [-0.1, -0.05) is 56.3 Å². The van der Waals surface area contributed by atoms with Gasteiger partial charge in [0.25, 0.3) is 0 Å². The van der Waals surface area contributed by atoms with E-state index in [1.54, 1.807) is 0 Å². The van der Waals surface area contributed by atoms with Gasteiger partial charge in [-0.25, -0.2) is 9.97 Å². The maximum Gasteiger partial charge on any atom is 0.162 e. The summed E-state index contributed by atoms with van der Waals surface area (Å²) in [5.74, 6) is 2.24. The van der Waals surface area contributed by atoms with Crippen LogP contribution in [-0.4, -0.2) is 16.5 Å². The molecule has 2 aromatic carbocycles. The zero-order valence-electron chi connectivity index (χ0n) is 12.8. The molecule has 3 rings (SSSR count). The lowest BCUT2D eigenvalue weighted by Crippen LogP contribution is -3.00. The first kappa shape index (κ1) is 16.2. The summed E-state index contributed by atoms with van der Waals surface area (Å²) in [5.41, 5.74) is 2.01. The quantitative estimate of drug-likeness (QED) is 0.791. The fourth-order valence-electron chi connectivity index (χ4n) is 2.23. The summed E-state index contributed by atoms with van der Waals surface area (Å²) in [6.45, 7) is 5.28. The normalized spacial score (nSPS) is 10.5. The van der Waals surface area contributed by atoms with Gasteiger partial charge in [0, 0.05) is 17.5 Å².